The Morgan fingerprint density at radius 1 is 1.45 bits per heavy atom. The van der Waals surface area contributed by atoms with Gasteiger partial charge in [0.15, 0.2) is 0 Å². The second-order valence-electron chi connectivity index (χ2n) is 5.95. The Morgan fingerprint density at radius 3 is 2.86 bits per heavy atom. The average Bonchev–Trinajstić information content (AvgIpc) is 2.99. The maximum atomic E-state index is 12.2. The molecule has 0 aromatic heterocycles. The number of hydrogen-bond donors (Lipinski definition) is 1. The van der Waals surface area contributed by atoms with E-state index in [1.165, 1.54) is 12.8 Å². The third kappa shape index (κ3) is 5.18. The number of hydrogen-bond acceptors (Lipinski definition) is 3. The van der Waals surface area contributed by atoms with Gasteiger partial charge in [0.1, 0.15) is 12.4 Å². The number of ether oxygens (including phenoxy) is 1. The first kappa shape index (κ1) is 17.1. The van der Waals surface area contributed by atoms with E-state index in [4.69, 9.17) is 16.3 Å². The van der Waals surface area contributed by atoms with Crippen LogP contribution in [0.1, 0.15) is 32.6 Å². The van der Waals surface area contributed by atoms with E-state index in [0.29, 0.717) is 24.2 Å². The van der Waals surface area contributed by atoms with Crippen LogP contribution in [0.2, 0.25) is 5.02 Å². The van der Waals surface area contributed by atoms with Crippen molar-refractivity contribution < 1.29 is 9.53 Å². The van der Waals surface area contributed by atoms with E-state index in [1.807, 2.05) is 37.1 Å². The number of benzene rings is 1. The summed E-state index contributed by atoms with van der Waals surface area (Å²) in [5, 5.41) is 3.80. The molecule has 1 aliphatic carbocycles. The molecular weight excluding hydrogens is 300 g/mol. The number of likely N-dealkylation sites (N-methyl/N-ethyl adjacent to an activating group) is 1. The largest absolute Gasteiger partial charge is 0.492 e. The normalized spacial score (nSPS) is 16.7. The quantitative estimate of drug-likeness (QED) is 0.838. The van der Waals surface area contributed by atoms with E-state index in [2.05, 4.69) is 5.32 Å². The summed E-state index contributed by atoms with van der Waals surface area (Å²) in [6.45, 7) is 3.15. The molecule has 1 aromatic carbocycles. The highest BCUT2D eigenvalue weighted by atomic mass is 35.5. The number of carbonyl (C=O) groups is 1. The van der Waals surface area contributed by atoms with Gasteiger partial charge in [0.05, 0.1) is 6.04 Å². The molecule has 1 atom stereocenters. The molecule has 0 bridgehead atoms. The number of carbonyl (C=O) groups excluding carboxylic acids is 1. The molecule has 0 radical (unpaired) electrons. The van der Waals surface area contributed by atoms with Crippen LogP contribution >= 0.6 is 11.6 Å². The molecule has 1 aromatic rings. The predicted octanol–water partition coefficient (Wildman–Crippen LogP) is 3.10. The van der Waals surface area contributed by atoms with Crippen molar-refractivity contribution in [2.24, 2.45) is 0 Å². The molecule has 0 saturated heterocycles. The minimum atomic E-state index is -0.149. The lowest BCUT2D eigenvalue weighted by molar-refractivity contribution is -0.126. The molecule has 5 heteroatoms. The Bertz CT molecular complexity index is 489. The Labute approximate surface area is 137 Å². The molecule has 0 spiro atoms. The van der Waals surface area contributed by atoms with Crippen molar-refractivity contribution >= 4 is 17.5 Å². The standard InChI is InChI=1S/C17H25ClN2O2/c1-13(17(21)19-15-7-3-4-8-15)20(2)10-11-22-16-9-5-6-14(18)12-16/h5-6,9,12-13,15H,3-4,7-8,10-11H2,1-2H3,(H,19,21)/t13-/m1/s1. The van der Waals surface area contributed by atoms with E-state index in [0.717, 1.165) is 18.6 Å². The minimum absolute atomic E-state index is 0.108. The highest BCUT2D eigenvalue weighted by Crippen LogP contribution is 2.18. The summed E-state index contributed by atoms with van der Waals surface area (Å²) < 4.78 is 5.66. The summed E-state index contributed by atoms with van der Waals surface area (Å²) in [7, 11) is 1.94. The topological polar surface area (TPSA) is 41.6 Å². The van der Waals surface area contributed by atoms with Crippen LogP contribution in [0.25, 0.3) is 0 Å². The summed E-state index contributed by atoms with van der Waals surface area (Å²) in [4.78, 5) is 14.2. The van der Waals surface area contributed by atoms with Crippen molar-refractivity contribution in [3.63, 3.8) is 0 Å². The van der Waals surface area contributed by atoms with Gasteiger partial charge in [-0.05, 0) is 45.0 Å². The van der Waals surface area contributed by atoms with E-state index in [9.17, 15) is 4.79 Å². The Morgan fingerprint density at radius 2 is 2.18 bits per heavy atom. The Kier molecular flexibility index (Phi) is 6.52. The summed E-state index contributed by atoms with van der Waals surface area (Å²) >= 11 is 5.92. The lowest BCUT2D eigenvalue weighted by atomic mass is 10.2. The molecule has 4 nitrogen and oxygen atoms in total. The van der Waals surface area contributed by atoms with Crippen molar-refractivity contribution in [2.75, 3.05) is 20.2 Å². The first-order valence-corrected chi connectivity index (χ1v) is 8.33. The van der Waals surface area contributed by atoms with E-state index >= 15 is 0 Å². The van der Waals surface area contributed by atoms with Crippen LogP contribution in [0.5, 0.6) is 5.75 Å². The van der Waals surface area contributed by atoms with Gasteiger partial charge in [-0.1, -0.05) is 30.5 Å². The second kappa shape index (κ2) is 8.39. The van der Waals surface area contributed by atoms with Gasteiger partial charge in [-0.25, -0.2) is 0 Å². The minimum Gasteiger partial charge on any atom is -0.492 e. The fourth-order valence-electron chi connectivity index (χ4n) is 2.65. The Balaban J connectivity index is 1.71. The van der Waals surface area contributed by atoms with Crippen molar-refractivity contribution in [3.8, 4) is 5.75 Å². The maximum absolute atomic E-state index is 12.2. The fraction of sp³-hybridized carbons (Fsp3) is 0.588. The molecule has 0 unspecified atom stereocenters. The van der Waals surface area contributed by atoms with Gasteiger partial charge >= 0.3 is 0 Å². The number of nitrogens with zero attached hydrogens (tertiary/aromatic N) is 1. The highest BCUT2D eigenvalue weighted by molar-refractivity contribution is 6.30. The van der Waals surface area contributed by atoms with Crippen LogP contribution in [0.3, 0.4) is 0 Å². The zero-order valence-corrected chi connectivity index (χ0v) is 14.1. The molecule has 122 valence electrons. The molecule has 22 heavy (non-hydrogen) atoms. The zero-order valence-electron chi connectivity index (χ0n) is 13.3. The van der Waals surface area contributed by atoms with E-state index in [1.54, 1.807) is 6.07 Å². The summed E-state index contributed by atoms with van der Waals surface area (Å²) in [6, 6.07) is 7.56. The maximum Gasteiger partial charge on any atom is 0.237 e. The third-order valence-corrected chi connectivity index (χ3v) is 4.49. The van der Waals surface area contributed by atoms with Crippen LogP contribution < -0.4 is 10.1 Å². The molecule has 0 heterocycles. The van der Waals surface area contributed by atoms with Gasteiger partial charge in [0.2, 0.25) is 5.91 Å². The van der Waals surface area contributed by atoms with Crippen LogP contribution in [0.4, 0.5) is 0 Å². The summed E-state index contributed by atoms with van der Waals surface area (Å²) in [6.07, 6.45) is 4.67. The van der Waals surface area contributed by atoms with Gasteiger partial charge in [0, 0.05) is 17.6 Å². The number of rotatable bonds is 7. The SMILES string of the molecule is C[C@H](C(=O)NC1CCCC1)N(C)CCOc1cccc(Cl)c1. The molecular formula is C17H25ClN2O2. The van der Waals surface area contributed by atoms with Crippen LogP contribution in [-0.2, 0) is 4.79 Å². The average molecular weight is 325 g/mol. The summed E-state index contributed by atoms with van der Waals surface area (Å²) in [5.41, 5.74) is 0. The third-order valence-electron chi connectivity index (χ3n) is 4.25. The molecule has 1 saturated carbocycles. The molecule has 0 aliphatic heterocycles. The van der Waals surface area contributed by atoms with Crippen molar-refractivity contribution in [2.45, 2.75) is 44.7 Å². The molecule has 1 fully saturated rings. The van der Waals surface area contributed by atoms with Gasteiger partial charge in [-0.2, -0.15) is 0 Å². The monoisotopic (exact) mass is 324 g/mol. The van der Waals surface area contributed by atoms with Crippen molar-refractivity contribution in [3.05, 3.63) is 29.3 Å². The lowest BCUT2D eigenvalue weighted by Crippen LogP contribution is -2.47. The fourth-order valence-corrected chi connectivity index (χ4v) is 2.83. The van der Waals surface area contributed by atoms with Crippen LogP contribution in [0, 0.1) is 0 Å². The van der Waals surface area contributed by atoms with Crippen molar-refractivity contribution in [1.29, 1.82) is 0 Å². The van der Waals surface area contributed by atoms with E-state index in [-0.39, 0.29) is 11.9 Å². The zero-order chi connectivity index (χ0) is 15.9. The Hall–Kier alpha value is -1.26. The lowest BCUT2D eigenvalue weighted by Gasteiger charge is -2.25. The first-order chi connectivity index (χ1) is 10.6. The molecule has 1 aliphatic rings. The first-order valence-electron chi connectivity index (χ1n) is 7.95. The number of nitrogens with one attached hydrogen (secondary N) is 1. The number of amides is 1. The van der Waals surface area contributed by atoms with Gasteiger partial charge in [0.25, 0.3) is 0 Å². The van der Waals surface area contributed by atoms with Crippen molar-refractivity contribution in [1.82, 2.24) is 10.2 Å². The van der Waals surface area contributed by atoms with Crippen LogP contribution in [0.15, 0.2) is 24.3 Å². The summed E-state index contributed by atoms with van der Waals surface area (Å²) in [5.74, 6) is 0.862. The predicted molar refractivity (Wildman–Crippen MR) is 89.4 cm³/mol. The van der Waals surface area contributed by atoms with Gasteiger partial charge in [-0.3, -0.25) is 9.69 Å². The number of halogens is 1. The van der Waals surface area contributed by atoms with Gasteiger partial charge < -0.3 is 10.1 Å². The molecule has 2 rings (SSSR count). The smallest absolute Gasteiger partial charge is 0.237 e. The highest BCUT2D eigenvalue weighted by Gasteiger charge is 2.22. The van der Waals surface area contributed by atoms with E-state index < -0.39 is 0 Å². The molecule has 1 N–H and O–H groups in total. The van der Waals surface area contributed by atoms with Crippen LogP contribution in [-0.4, -0.2) is 43.1 Å². The molecule has 1 amide bonds. The second-order valence-corrected chi connectivity index (χ2v) is 6.39. The van der Waals surface area contributed by atoms with Gasteiger partial charge in [-0.15, -0.1) is 0 Å².